The van der Waals surface area contributed by atoms with Gasteiger partial charge in [0.05, 0.1) is 6.10 Å². The molecule has 1 aliphatic carbocycles. The molecule has 2 amide bonds. The molecule has 0 aromatic carbocycles. The van der Waals surface area contributed by atoms with Gasteiger partial charge in [-0.05, 0) is 44.4 Å². The van der Waals surface area contributed by atoms with Crippen molar-refractivity contribution in [2.45, 2.75) is 62.6 Å². The van der Waals surface area contributed by atoms with E-state index in [9.17, 15) is 9.90 Å². The molecule has 5 nitrogen and oxygen atoms in total. The number of anilines is 1. The molecule has 1 aromatic rings. The Kier molecular flexibility index (Phi) is 2.96. The van der Waals surface area contributed by atoms with E-state index in [-0.39, 0.29) is 24.2 Å². The third-order valence-corrected chi connectivity index (χ3v) is 5.74. The number of hydrogen-bond donors (Lipinski definition) is 2. The van der Waals surface area contributed by atoms with E-state index in [1.807, 2.05) is 11.1 Å². The van der Waals surface area contributed by atoms with Crippen LogP contribution in [0.25, 0.3) is 0 Å². The van der Waals surface area contributed by atoms with Crippen LogP contribution >= 0.6 is 11.3 Å². The zero-order valence-corrected chi connectivity index (χ0v) is 12.1. The molecule has 3 atom stereocenters. The van der Waals surface area contributed by atoms with E-state index in [4.69, 9.17) is 0 Å². The maximum absolute atomic E-state index is 12.4. The van der Waals surface area contributed by atoms with Crippen molar-refractivity contribution < 1.29 is 9.90 Å². The Labute approximate surface area is 122 Å². The molecule has 1 saturated carbocycles. The Hall–Kier alpha value is -1.14. The molecular formula is C14H19N3O2S. The number of aliphatic hydroxyl groups is 1. The Bertz CT molecular complexity index is 514. The molecule has 2 bridgehead atoms. The van der Waals surface area contributed by atoms with Gasteiger partial charge in [0.25, 0.3) is 0 Å². The predicted molar refractivity (Wildman–Crippen MR) is 77.0 cm³/mol. The third-order valence-electron chi connectivity index (χ3n) is 4.66. The lowest BCUT2D eigenvalue weighted by molar-refractivity contribution is 0.0580. The molecule has 2 aliphatic heterocycles. The lowest BCUT2D eigenvalue weighted by Crippen LogP contribution is -2.49. The van der Waals surface area contributed by atoms with Crippen molar-refractivity contribution in [3.05, 3.63) is 11.1 Å². The van der Waals surface area contributed by atoms with Gasteiger partial charge in [-0.2, -0.15) is 0 Å². The summed E-state index contributed by atoms with van der Waals surface area (Å²) in [6, 6.07) is 0.360. The average molecular weight is 293 g/mol. The fourth-order valence-corrected chi connectivity index (χ4v) is 4.51. The minimum atomic E-state index is -0.238. The zero-order chi connectivity index (χ0) is 13.7. The number of thiazole rings is 1. The summed E-state index contributed by atoms with van der Waals surface area (Å²) in [6.07, 6.45) is 7.63. The van der Waals surface area contributed by atoms with Gasteiger partial charge in [0.2, 0.25) is 0 Å². The van der Waals surface area contributed by atoms with Gasteiger partial charge < -0.3 is 10.0 Å². The Balaban J connectivity index is 1.44. The number of nitrogens with zero attached hydrogens (tertiary/aromatic N) is 2. The van der Waals surface area contributed by atoms with Crippen molar-refractivity contribution in [3.63, 3.8) is 0 Å². The highest BCUT2D eigenvalue weighted by Crippen LogP contribution is 2.43. The van der Waals surface area contributed by atoms with Crippen LogP contribution in [-0.2, 0) is 0 Å². The lowest BCUT2D eigenvalue weighted by atomic mass is 10.0. The second-order valence-corrected chi connectivity index (χ2v) is 7.25. The number of aliphatic hydroxyl groups excluding tert-OH is 1. The first-order valence-electron chi connectivity index (χ1n) is 7.44. The Morgan fingerprint density at radius 2 is 2.00 bits per heavy atom. The van der Waals surface area contributed by atoms with Crippen molar-refractivity contribution >= 4 is 22.5 Å². The quantitative estimate of drug-likeness (QED) is 0.880. The van der Waals surface area contributed by atoms with Gasteiger partial charge in [0.1, 0.15) is 0 Å². The Morgan fingerprint density at radius 3 is 2.65 bits per heavy atom. The van der Waals surface area contributed by atoms with Crippen molar-refractivity contribution in [2.24, 2.45) is 0 Å². The summed E-state index contributed by atoms with van der Waals surface area (Å²) in [6.45, 7) is 0. The molecule has 4 rings (SSSR count). The van der Waals surface area contributed by atoms with E-state index in [1.54, 1.807) is 11.3 Å². The van der Waals surface area contributed by atoms with Crippen LogP contribution in [0.1, 0.15) is 49.3 Å². The summed E-state index contributed by atoms with van der Waals surface area (Å²) in [5.74, 6) is 0.680. The topological polar surface area (TPSA) is 65.5 Å². The maximum Gasteiger partial charge on any atom is 0.324 e. The number of carbonyl (C=O) groups excluding carboxylic acids is 1. The van der Waals surface area contributed by atoms with Crippen LogP contribution in [0.15, 0.2) is 6.20 Å². The number of amides is 2. The molecule has 0 radical (unpaired) electrons. The molecule has 20 heavy (non-hydrogen) atoms. The van der Waals surface area contributed by atoms with Crippen LogP contribution in [0.2, 0.25) is 0 Å². The highest BCUT2D eigenvalue weighted by molar-refractivity contribution is 7.15. The van der Waals surface area contributed by atoms with E-state index >= 15 is 0 Å². The summed E-state index contributed by atoms with van der Waals surface area (Å²) >= 11 is 1.60. The second-order valence-electron chi connectivity index (χ2n) is 6.19. The molecule has 3 aliphatic rings. The van der Waals surface area contributed by atoms with E-state index in [0.29, 0.717) is 11.0 Å². The van der Waals surface area contributed by atoms with Gasteiger partial charge in [-0.15, -0.1) is 11.3 Å². The summed E-state index contributed by atoms with van der Waals surface area (Å²) in [7, 11) is 0. The van der Waals surface area contributed by atoms with Crippen LogP contribution in [0, 0.1) is 0 Å². The number of nitrogens with one attached hydrogen (secondary N) is 1. The normalized spacial score (nSPS) is 32.5. The monoisotopic (exact) mass is 293 g/mol. The maximum atomic E-state index is 12.4. The lowest BCUT2D eigenvalue weighted by Gasteiger charge is -2.36. The predicted octanol–water partition coefficient (Wildman–Crippen LogP) is 2.54. The van der Waals surface area contributed by atoms with E-state index < -0.39 is 0 Å². The van der Waals surface area contributed by atoms with Crippen molar-refractivity contribution in [2.75, 3.05) is 5.32 Å². The first-order valence-corrected chi connectivity index (χ1v) is 8.25. The third kappa shape index (κ3) is 2.20. The number of urea groups is 1. The number of fused-ring (bicyclic) bond motifs is 2. The Morgan fingerprint density at radius 1 is 1.30 bits per heavy atom. The van der Waals surface area contributed by atoms with Gasteiger partial charge >= 0.3 is 6.03 Å². The summed E-state index contributed by atoms with van der Waals surface area (Å²) in [5, 5.41) is 13.4. The molecule has 2 saturated heterocycles. The molecule has 6 heteroatoms. The molecule has 0 spiro atoms. The molecular weight excluding hydrogens is 274 g/mol. The number of aromatic nitrogens is 1. The van der Waals surface area contributed by atoms with Crippen LogP contribution < -0.4 is 5.32 Å². The van der Waals surface area contributed by atoms with E-state index in [1.165, 1.54) is 17.7 Å². The van der Waals surface area contributed by atoms with Crippen LogP contribution in [-0.4, -0.2) is 39.2 Å². The van der Waals surface area contributed by atoms with Gasteiger partial charge in [-0.25, -0.2) is 9.78 Å². The fraction of sp³-hybridized carbons (Fsp3) is 0.714. The second kappa shape index (κ2) is 4.70. The van der Waals surface area contributed by atoms with E-state index in [2.05, 4.69) is 10.3 Å². The van der Waals surface area contributed by atoms with Gasteiger partial charge in [0, 0.05) is 23.2 Å². The standard InChI is InChI=1S/C14H19N3O2S/c18-11-5-9-3-4-10(6-11)17(9)14(19)16-13-15-7-12(20-13)8-1-2-8/h7-11,18H,1-6H2,(H,15,16,19)/t9-,10+,11?. The van der Waals surface area contributed by atoms with Crippen molar-refractivity contribution in [1.29, 1.82) is 0 Å². The smallest absolute Gasteiger partial charge is 0.324 e. The largest absolute Gasteiger partial charge is 0.393 e. The van der Waals surface area contributed by atoms with Crippen LogP contribution in [0.4, 0.5) is 9.93 Å². The van der Waals surface area contributed by atoms with Gasteiger partial charge in [0.15, 0.2) is 5.13 Å². The van der Waals surface area contributed by atoms with Crippen LogP contribution in [0.3, 0.4) is 0 Å². The summed E-state index contributed by atoms with van der Waals surface area (Å²) in [4.78, 5) is 20.0. The summed E-state index contributed by atoms with van der Waals surface area (Å²) in [5.41, 5.74) is 0. The zero-order valence-electron chi connectivity index (χ0n) is 11.3. The molecule has 2 N–H and O–H groups in total. The first kappa shape index (κ1) is 12.6. The van der Waals surface area contributed by atoms with E-state index in [0.717, 1.165) is 25.7 Å². The van der Waals surface area contributed by atoms with Crippen LogP contribution in [0.5, 0.6) is 0 Å². The molecule has 108 valence electrons. The minimum absolute atomic E-state index is 0.0407. The molecule has 1 aromatic heterocycles. The van der Waals surface area contributed by atoms with Crippen molar-refractivity contribution in [3.8, 4) is 0 Å². The fourth-order valence-electron chi connectivity index (χ4n) is 3.54. The number of hydrogen-bond acceptors (Lipinski definition) is 4. The number of carbonyl (C=O) groups is 1. The molecule has 3 fully saturated rings. The molecule has 1 unspecified atom stereocenters. The SMILES string of the molecule is O=C(Nc1ncc(C2CC2)s1)N1[C@@H]2CC[C@H]1CC(O)C2. The van der Waals surface area contributed by atoms with Gasteiger partial charge in [-0.1, -0.05) is 0 Å². The summed E-state index contributed by atoms with van der Waals surface area (Å²) < 4.78 is 0. The number of piperidine rings is 1. The highest BCUT2D eigenvalue weighted by atomic mass is 32.1. The van der Waals surface area contributed by atoms with Gasteiger partial charge in [-0.3, -0.25) is 5.32 Å². The molecule has 3 heterocycles. The highest BCUT2D eigenvalue weighted by Gasteiger charge is 2.43. The first-order chi connectivity index (χ1) is 9.70. The van der Waals surface area contributed by atoms with Crippen molar-refractivity contribution in [1.82, 2.24) is 9.88 Å². The number of rotatable bonds is 2. The minimum Gasteiger partial charge on any atom is -0.393 e. The average Bonchev–Trinajstić information content (AvgIpc) is 3.09.